The third-order valence-corrected chi connectivity index (χ3v) is 5.39. The summed E-state index contributed by atoms with van der Waals surface area (Å²) in [6.07, 6.45) is 10.4. The fraction of sp³-hybridized carbons (Fsp3) is 1.00. The van der Waals surface area contributed by atoms with E-state index in [1.54, 1.807) is 0 Å². The first kappa shape index (κ1) is 19.0. The highest BCUT2D eigenvalue weighted by Crippen LogP contribution is 2.30. The first-order chi connectivity index (χ1) is 10.4. The molecule has 6 aliphatic rings. The van der Waals surface area contributed by atoms with E-state index in [0.29, 0.717) is 0 Å². The molecule has 0 aromatic carbocycles. The van der Waals surface area contributed by atoms with Crippen molar-refractivity contribution < 1.29 is 0 Å². The van der Waals surface area contributed by atoms with Gasteiger partial charge in [-0.05, 0) is 95.4 Å². The molecular formula is C19H40N2. The Kier molecular flexibility index (Phi) is 10.4. The minimum absolute atomic E-state index is 1.03. The van der Waals surface area contributed by atoms with Gasteiger partial charge in [-0.15, -0.1) is 0 Å². The fourth-order valence-corrected chi connectivity index (χ4v) is 4.00. The summed E-state index contributed by atoms with van der Waals surface area (Å²) in [5.41, 5.74) is 0. The van der Waals surface area contributed by atoms with Crippen LogP contribution in [0.4, 0.5) is 0 Å². The molecule has 5 aliphatic heterocycles. The van der Waals surface area contributed by atoms with E-state index >= 15 is 0 Å². The molecular weight excluding hydrogens is 256 g/mol. The van der Waals surface area contributed by atoms with E-state index in [2.05, 4.69) is 10.2 Å². The van der Waals surface area contributed by atoms with Crippen molar-refractivity contribution in [2.24, 2.45) is 17.8 Å². The van der Waals surface area contributed by atoms with Crippen LogP contribution in [0.2, 0.25) is 0 Å². The predicted octanol–water partition coefficient (Wildman–Crippen LogP) is 4.55. The summed E-state index contributed by atoms with van der Waals surface area (Å²) in [4.78, 5) is 2.58. The van der Waals surface area contributed by atoms with Gasteiger partial charge in [0.1, 0.15) is 0 Å². The smallest absolute Gasteiger partial charge is 0.00161 e. The molecule has 0 spiro atoms. The number of piperidine rings is 3. The standard InChI is InChI=1S/C8H15N.C7H13N.2C2H6/c1-2-8-4-3-7(1)5-9-6-8;1-4-8-5-2-7(1)3-6-8;2*1-2/h7-9H,1-6H2;7H,1-6H2;2*1-2H3. The van der Waals surface area contributed by atoms with E-state index in [9.17, 15) is 0 Å². The molecule has 0 atom stereocenters. The molecule has 1 aliphatic carbocycles. The Bertz CT molecular complexity index is 185. The quantitative estimate of drug-likeness (QED) is 0.705. The number of nitrogens with zero attached hydrogens (tertiary/aromatic N) is 1. The van der Waals surface area contributed by atoms with E-state index in [1.165, 1.54) is 77.7 Å². The zero-order valence-electron chi connectivity index (χ0n) is 15.2. The molecule has 4 bridgehead atoms. The molecule has 0 aromatic heterocycles. The Labute approximate surface area is 134 Å². The second-order valence-electron chi connectivity index (χ2n) is 6.62. The second-order valence-corrected chi connectivity index (χ2v) is 6.62. The van der Waals surface area contributed by atoms with Gasteiger partial charge in [-0.3, -0.25) is 0 Å². The van der Waals surface area contributed by atoms with Crippen LogP contribution in [-0.4, -0.2) is 37.6 Å². The monoisotopic (exact) mass is 296 g/mol. The summed E-state index contributed by atoms with van der Waals surface area (Å²) in [5.74, 6) is 3.17. The molecule has 0 amide bonds. The highest BCUT2D eigenvalue weighted by atomic mass is 15.1. The second kappa shape index (κ2) is 11.5. The van der Waals surface area contributed by atoms with Gasteiger partial charge in [0.05, 0.1) is 0 Å². The van der Waals surface area contributed by atoms with Crippen molar-refractivity contribution in [2.75, 3.05) is 32.7 Å². The third kappa shape index (κ3) is 6.69. The number of hydrogen-bond acceptors (Lipinski definition) is 2. The Morgan fingerprint density at radius 1 is 0.571 bits per heavy atom. The van der Waals surface area contributed by atoms with Crippen molar-refractivity contribution in [3.8, 4) is 0 Å². The third-order valence-electron chi connectivity index (χ3n) is 5.39. The normalized spacial score (nSPS) is 36.0. The lowest BCUT2D eigenvalue weighted by molar-refractivity contribution is 0.111. The van der Waals surface area contributed by atoms with E-state index in [1.807, 2.05) is 27.7 Å². The summed E-state index contributed by atoms with van der Waals surface area (Å²) in [6, 6.07) is 0. The van der Waals surface area contributed by atoms with E-state index in [0.717, 1.165) is 17.8 Å². The van der Waals surface area contributed by atoms with Crippen molar-refractivity contribution in [2.45, 2.75) is 72.6 Å². The van der Waals surface area contributed by atoms with Crippen LogP contribution < -0.4 is 5.32 Å². The summed E-state index contributed by atoms with van der Waals surface area (Å²) >= 11 is 0. The average molecular weight is 297 g/mol. The van der Waals surface area contributed by atoms with Gasteiger partial charge in [0.15, 0.2) is 0 Å². The number of rotatable bonds is 0. The average Bonchev–Trinajstić information content (AvgIpc) is 2.98. The first-order valence-electron chi connectivity index (χ1n) is 9.83. The molecule has 6 fully saturated rings. The molecule has 1 saturated carbocycles. The van der Waals surface area contributed by atoms with Crippen molar-refractivity contribution in [1.29, 1.82) is 0 Å². The number of fused-ring (bicyclic) bond motifs is 7. The van der Waals surface area contributed by atoms with Gasteiger partial charge in [-0.1, -0.05) is 27.7 Å². The first-order valence-corrected chi connectivity index (χ1v) is 9.83. The van der Waals surface area contributed by atoms with Crippen LogP contribution in [0.25, 0.3) is 0 Å². The number of nitrogens with one attached hydrogen (secondary N) is 1. The SMILES string of the molecule is C1CC2CCC1CNC2.C1CN2CCC1CC2.CC.CC. The summed E-state index contributed by atoms with van der Waals surface area (Å²) in [7, 11) is 0. The molecule has 0 aromatic rings. The van der Waals surface area contributed by atoms with Crippen LogP contribution in [0.3, 0.4) is 0 Å². The molecule has 2 heteroatoms. The Morgan fingerprint density at radius 3 is 1.19 bits per heavy atom. The minimum Gasteiger partial charge on any atom is -0.316 e. The maximum Gasteiger partial charge on any atom is -0.00161 e. The molecule has 0 unspecified atom stereocenters. The minimum atomic E-state index is 1.03. The van der Waals surface area contributed by atoms with Gasteiger partial charge in [0.25, 0.3) is 0 Å². The van der Waals surface area contributed by atoms with Crippen LogP contribution >= 0.6 is 0 Å². The molecule has 21 heavy (non-hydrogen) atoms. The van der Waals surface area contributed by atoms with Gasteiger partial charge in [0.2, 0.25) is 0 Å². The lowest BCUT2D eigenvalue weighted by atomic mass is 9.84. The Morgan fingerprint density at radius 2 is 0.952 bits per heavy atom. The van der Waals surface area contributed by atoms with Gasteiger partial charge >= 0.3 is 0 Å². The summed E-state index contributed by atoms with van der Waals surface area (Å²) in [5, 5.41) is 3.51. The van der Waals surface area contributed by atoms with Gasteiger partial charge in [-0.2, -0.15) is 0 Å². The van der Waals surface area contributed by atoms with Crippen LogP contribution in [-0.2, 0) is 0 Å². The molecule has 126 valence electrons. The molecule has 0 radical (unpaired) electrons. The zero-order valence-corrected chi connectivity index (χ0v) is 15.2. The van der Waals surface area contributed by atoms with Crippen LogP contribution in [0.1, 0.15) is 72.6 Å². The lowest BCUT2D eigenvalue weighted by Gasteiger charge is -2.38. The Balaban J connectivity index is 0.000000171. The van der Waals surface area contributed by atoms with E-state index < -0.39 is 0 Å². The number of hydrogen-bond donors (Lipinski definition) is 1. The zero-order chi connectivity index (χ0) is 15.5. The van der Waals surface area contributed by atoms with Crippen molar-refractivity contribution >= 4 is 0 Å². The Hall–Kier alpha value is -0.0800. The van der Waals surface area contributed by atoms with Gasteiger partial charge in [-0.25, -0.2) is 0 Å². The maximum atomic E-state index is 3.51. The van der Waals surface area contributed by atoms with Crippen molar-refractivity contribution in [3.05, 3.63) is 0 Å². The van der Waals surface area contributed by atoms with Crippen LogP contribution in [0.15, 0.2) is 0 Å². The summed E-state index contributed by atoms with van der Waals surface area (Å²) < 4.78 is 0. The highest BCUT2D eigenvalue weighted by Gasteiger charge is 2.24. The fourth-order valence-electron chi connectivity index (χ4n) is 4.00. The molecule has 5 saturated heterocycles. The van der Waals surface area contributed by atoms with E-state index in [4.69, 9.17) is 0 Å². The lowest BCUT2D eigenvalue weighted by Crippen LogP contribution is -2.41. The van der Waals surface area contributed by atoms with Gasteiger partial charge < -0.3 is 10.2 Å². The summed E-state index contributed by atoms with van der Waals surface area (Å²) in [6.45, 7) is 14.8. The van der Waals surface area contributed by atoms with Crippen molar-refractivity contribution in [1.82, 2.24) is 10.2 Å². The van der Waals surface area contributed by atoms with E-state index in [-0.39, 0.29) is 0 Å². The molecule has 1 N–H and O–H groups in total. The molecule has 6 rings (SSSR count). The molecule has 5 heterocycles. The van der Waals surface area contributed by atoms with Crippen LogP contribution in [0, 0.1) is 17.8 Å². The topological polar surface area (TPSA) is 15.3 Å². The van der Waals surface area contributed by atoms with Crippen molar-refractivity contribution in [3.63, 3.8) is 0 Å². The van der Waals surface area contributed by atoms with Crippen LogP contribution in [0.5, 0.6) is 0 Å². The van der Waals surface area contributed by atoms with Gasteiger partial charge in [0, 0.05) is 0 Å². The predicted molar refractivity (Wildman–Crippen MR) is 94.8 cm³/mol. The largest absolute Gasteiger partial charge is 0.316 e. The maximum absolute atomic E-state index is 3.51. The highest BCUT2D eigenvalue weighted by molar-refractivity contribution is 4.80. The molecule has 2 nitrogen and oxygen atoms in total.